The average Bonchev–Trinajstić information content (AvgIpc) is 1.79. The molecule has 0 aromatic heterocycles. The summed E-state index contributed by atoms with van der Waals surface area (Å²) in [7, 11) is 0. The maximum Gasteiger partial charge on any atom is 0.452 e. The van der Waals surface area contributed by atoms with Crippen LogP contribution < -0.4 is 0 Å². The minimum atomic E-state index is -4.91. The molecule has 6 heteroatoms. The molecule has 58 valence electrons. The van der Waals surface area contributed by atoms with Crippen molar-refractivity contribution in [2.75, 3.05) is 0 Å². The lowest BCUT2D eigenvalue weighted by Gasteiger charge is -2.24. The summed E-state index contributed by atoms with van der Waals surface area (Å²) in [4.78, 5) is 0. The molecule has 1 aliphatic heterocycles. The van der Waals surface area contributed by atoms with Crippen molar-refractivity contribution in [3.05, 3.63) is 11.6 Å². The first kappa shape index (κ1) is 7.30. The molecule has 0 N–H and O–H groups in total. The Bertz CT molecular complexity index is 181. The summed E-state index contributed by atoms with van der Waals surface area (Å²) in [5.41, 5.74) is 0. The summed E-state index contributed by atoms with van der Waals surface area (Å²) in [6, 6.07) is 0. The number of allylic oxidation sites excluding steroid dienone is 1. The van der Waals surface area contributed by atoms with Crippen LogP contribution in [-0.4, -0.2) is 12.5 Å². The van der Waals surface area contributed by atoms with Crippen LogP contribution >= 0.6 is 0 Å². The van der Waals surface area contributed by atoms with Crippen LogP contribution in [0.3, 0.4) is 0 Å². The summed E-state index contributed by atoms with van der Waals surface area (Å²) in [6.07, 6.45) is -7.44. The van der Waals surface area contributed by atoms with E-state index in [-0.39, 0.29) is 0 Å². The maximum atomic E-state index is 11.7. The van der Waals surface area contributed by atoms with Crippen LogP contribution in [0.1, 0.15) is 0 Å². The highest BCUT2D eigenvalue weighted by Crippen LogP contribution is 2.40. The van der Waals surface area contributed by atoms with Crippen molar-refractivity contribution in [1.29, 1.82) is 0 Å². The van der Waals surface area contributed by atoms with E-state index in [1.807, 2.05) is 0 Å². The van der Waals surface area contributed by atoms with E-state index in [1.54, 1.807) is 0 Å². The fourth-order valence-electron chi connectivity index (χ4n) is 0.459. The number of hydrogen-bond donors (Lipinski definition) is 0. The zero-order chi connectivity index (χ0) is 7.94. The fourth-order valence-corrected chi connectivity index (χ4v) is 0.459. The molecule has 1 aliphatic rings. The Labute approximate surface area is 52.1 Å². The van der Waals surface area contributed by atoms with E-state index >= 15 is 0 Å². The zero-order valence-corrected chi connectivity index (χ0v) is 4.38. The molecule has 1 atom stereocenters. The third-order valence-corrected chi connectivity index (χ3v) is 0.895. The number of hydrogen-bond acceptors (Lipinski definition) is 1. The largest absolute Gasteiger partial charge is 0.452 e. The first-order chi connectivity index (χ1) is 4.43. The predicted octanol–water partition coefficient (Wildman–Crippen LogP) is 2.06. The molecule has 1 rings (SSSR count). The molecule has 0 saturated carbocycles. The van der Waals surface area contributed by atoms with Gasteiger partial charge in [0.1, 0.15) is 0 Å². The minimum Gasteiger partial charge on any atom is -0.446 e. The molecule has 1 nitrogen and oxygen atoms in total. The normalized spacial score (nSPS) is 25.9. The molecule has 0 aromatic carbocycles. The maximum absolute atomic E-state index is 11.7. The Morgan fingerprint density at radius 2 is 1.80 bits per heavy atom. The lowest BCUT2D eigenvalue weighted by Crippen LogP contribution is -2.30. The highest BCUT2D eigenvalue weighted by molar-refractivity contribution is 5.17. The van der Waals surface area contributed by atoms with E-state index in [0.717, 1.165) is 0 Å². The van der Waals surface area contributed by atoms with Gasteiger partial charge < -0.3 is 4.74 Å². The first-order valence-corrected chi connectivity index (χ1v) is 2.20. The number of rotatable bonds is 0. The third-order valence-electron chi connectivity index (χ3n) is 0.895. The van der Waals surface area contributed by atoms with Gasteiger partial charge in [-0.2, -0.15) is 17.6 Å². The molecular weight excluding hydrogens is 159 g/mol. The van der Waals surface area contributed by atoms with Gasteiger partial charge >= 0.3 is 6.18 Å². The molecule has 0 radical (unpaired) electrons. The van der Waals surface area contributed by atoms with Crippen LogP contribution in [0.5, 0.6) is 0 Å². The second-order valence-electron chi connectivity index (χ2n) is 1.61. The van der Waals surface area contributed by atoms with E-state index in [0.29, 0.717) is 0 Å². The Hall–Kier alpha value is -0.810. The molecule has 1 unspecified atom stereocenters. The Balaban J connectivity index is 2.79. The van der Waals surface area contributed by atoms with Crippen molar-refractivity contribution in [3.63, 3.8) is 0 Å². The SMILES string of the molecule is FC1=C(C(F)(F)F)OC1F. The minimum absolute atomic E-state index is 1.86. The van der Waals surface area contributed by atoms with Gasteiger partial charge in [0.25, 0.3) is 6.36 Å². The lowest BCUT2D eigenvalue weighted by molar-refractivity contribution is -0.183. The molecule has 0 spiro atoms. The van der Waals surface area contributed by atoms with Gasteiger partial charge in [-0.1, -0.05) is 0 Å². The molecule has 10 heavy (non-hydrogen) atoms. The van der Waals surface area contributed by atoms with Gasteiger partial charge in [-0.3, -0.25) is 0 Å². The van der Waals surface area contributed by atoms with Crippen LogP contribution in [0.25, 0.3) is 0 Å². The van der Waals surface area contributed by atoms with Gasteiger partial charge in [0, 0.05) is 0 Å². The Morgan fingerprint density at radius 1 is 1.30 bits per heavy atom. The zero-order valence-electron chi connectivity index (χ0n) is 4.38. The summed E-state index contributed by atoms with van der Waals surface area (Å²) in [5, 5.41) is 0. The molecular formula is C4HF5O. The van der Waals surface area contributed by atoms with Gasteiger partial charge in [-0.15, -0.1) is 0 Å². The van der Waals surface area contributed by atoms with Crippen LogP contribution in [0.15, 0.2) is 11.6 Å². The molecule has 0 aliphatic carbocycles. The monoisotopic (exact) mass is 160 g/mol. The van der Waals surface area contributed by atoms with Crippen LogP contribution in [0.2, 0.25) is 0 Å². The van der Waals surface area contributed by atoms with E-state index < -0.39 is 24.1 Å². The molecule has 0 saturated heterocycles. The smallest absolute Gasteiger partial charge is 0.446 e. The van der Waals surface area contributed by atoms with Crippen LogP contribution in [0, 0.1) is 0 Å². The summed E-state index contributed by atoms with van der Waals surface area (Å²) >= 11 is 0. The van der Waals surface area contributed by atoms with Crippen molar-refractivity contribution in [3.8, 4) is 0 Å². The number of ether oxygens (including phenoxy) is 1. The molecule has 0 amide bonds. The summed E-state index contributed by atoms with van der Waals surface area (Å²) in [5.74, 6) is -3.74. The fraction of sp³-hybridized carbons (Fsp3) is 0.500. The highest BCUT2D eigenvalue weighted by Gasteiger charge is 2.49. The van der Waals surface area contributed by atoms with Crippen LogP contribution in [0.4, 0.5) is 22.0 Å². The average molecular weight is 160 g/mol. The van der Waals surface area contributed by atoms with E-state index in [9.17, 15) is 22.0 Å². The van der Waals surface area contributed by atoms with Crippen molar-refractivity contribution >= 4 is 0 Å². The summed E-state index contributed by atoms with van der Waals surface area (Å²) in [6.45, 7) is 0. The predicted molar refractivity (Wildman–Crippen MR) is 20.2 cm³/mol. The van der Waals surface area contributed by atoms with Gasteiger partial charge in [0.15, 0.2) is 0 Å². The molecule has 1 heterocycles. The first-order valence-electron chi connectivity index (χ1n) is 2.20. The third kappa shape index (κ3) is 0.932. The van der Waals surface area contributed by atoms with Gasteiger partial charge in [0.2, 0.25) is 11.6 Å². The topological polar surface area (TPSA) is 9.23 Å². The quantitative estimate of drug-likeness (QED) is 0.493. The van der Waals surface area contributed by atoms with Gasteiger partial charge in [-0.05, 0) is 0 Å². The molecule has 0 aromatic rings. The highest BCUT2D eigenvalue weighted by atomic mass is 19.4. The van der Waals surface area contributed by atoms with E-state index in [2.05, 4.69) is 4.74 Å². The van der Waals surface area contributed by atoms with Crippen LogP contribution in [-0.2, 0) is 4.74 Å². The number of alkyl halides is 4. The number of halogens is 5. The van der Waals surface area contributed by atoms with Crippen molar-refractivity contribution in [2.45, 2.75) is 12.5 Å². The molecule has 0 bridgehead atoms. The van der Waals surface area contributed by atoms with Gasteiger partial charge in [-0.25, -0.2) is 4.39 Å². The standard InChI is InChI=1S/C4HF5O/c5-1-2(4(7,8)9)10-3(1)6/h3H. The second-order valence-corrected chi connectivity index (χ2v) is 1.61. The molecule has 0 fully saturated rings. The Morgan fingerprint density at radius 3 is 1.90 bits per heavy atom. The Kier molecular flexibility index (Phi) is 1.34. The van der Waals surface area contributed by atoms with E-state index in [1.165, 1.54) is 0 Å². The second kappa shape index (κ2) is 1.83. The van der Waals surface area contributed by atoms with E-state index in [4.69, 9.17) is 0 Å². The van der Waals surface area contributed by atoms with Crippen molar-refractivity contribution < 1.29 is 26.7 Å². The van der Waals surface area contributed by atoms with Crippen molar-refractivity contribution in [1.82, 2.24) is 0 Å². The van der Waals surface area contributed by atoms with Crippen molar-refractivity contribution in [2.24, 2.45) is 0 Å². The summed E-state index contributed by atoms with van der Waals surface area (Å²) < 4.78 is 60.6. The lowest BCUT2D eigenvalue weighted by atomic mass is 10.3. The van der Waals surface area contributed by atoms with Gasteiger partial charge in [0.05, 0.1) is 0 Å².